The number of unbranched alkanes of at least 4 members (excludes halogenated alkanes) is 1. The molecule has 10 heteroatoms. The molecule has 0 N–H and O–H groups in total. The lowest BCUT2D eigenvalue weighted by atomic mass is 9.93. The van der Waals surface area contributed by atoms with Gasteiger partial charge in [-0.05, 0) is 18.4 Å². The van der Waals surface area contributed by atoms with Gasteiger partial charge in [-0.3, -0.25) is 0 Å². The summed E-state index contributed by atoms with van der Waals surface area (Å²) >= 11 is 0. The number of carboxylic acid groups (broad SMARTS) is 2. The summed E-state index contributed by atoms with van der Waals surface area (Å²) in [7, 11) is 0. The van der Waals surface area contributed by atoms with Gasteiger partial charge >= 0.3 is 6.18 Å². The standard InChI is InChI=1S/C13H12F5NO4/c1-2-3-4-5-6(11(20)21)8(10(14)15)19-9(13(16,17)18)7(5)12(22)23/h10H,2-4H2,1H3,(H,20,21)(H,22,23)/p-2. The molecule has 0 aliphatic heterocycles. The molecule has 0 fully saturated rings. The van der Waals surface area contributed by atoms with E-state index in [9.17, 15) is 41.8 Å². The highest BCUT2D eigenvalue weighted by molar-refractivity contribution is 5.96. The quantitative estimate of drug-likeness (QED) is 0.724. The number of carboxylic acids is 2. The van der Waals surface area contributed by atoms with Crippen molar-refractivity contribution in [1.82, 2.24) is 4.98 Å². The number of hydrogen-bond donors (Lipinski definition) is 0. The first-order valence-corrected chi connectivity index (χ1v) is 6.37. The van der Waals surface area contributed by atoms with Gasteiger partial charge in [0.15, 0.2) is 5.69 Å². The monoisotopic (exact) mass is 339 g/mol. The summed E-state index contributed by atoms with van der Waals surface area (Å²) in [6.07, 6.45) is -9.07. The second-order valence-electron chi connectivity index (χ2n) is 4.55. The molecule has 1 rings (SSSR count). The fourth-order valence-electron chi connectivity index (χ4n) is 2.07. The third kappa shape index (κ3) is 3.93. The summed E-state index contributed by atoms with van der Waals surface area (Å²) in [4.78, 5) is 24.7. The van der Waals surface area contributed by atoms with Crippen molar-refractivity contribution in [2.24, 2.45) is 0 Å². The normalized spacial score (nSPS) is 11.8. The first-order valence-electron chi connectivity index (χ1n) is 6.37. The van der Waals surface area contributed by atoms with Gasteiger partial charge in [-0.1, -0.05) is 13.3 Å². The van der Waals surface area contributed by atoms with Crippen LogP contribution in [0.2, 0.25) is 0 Å². The van der Waals surface area contributed by atoms with E-state index in [-0.39, 0.29) is 6.42 Å². The zero-order valence-electron chi connectivity index (χ0n) is 11.7. The van der Waals surface area contributed by atoms with Gasteiger partial charge in [0.2, 0.25) is 0 Å². The molecule has 0 radical (unpaired) electrons. The van der Waals surface area contributed by atoms with Crippen LogP contribution in [0.5, 0.6) is 0 Å². The Bertz CT molecular complexity index is 628. The molecule has 0 aliphatic carbocycles. The first kappa shape index (κ1) is 18.8. The molecule has 0 aliphatic rings. The minimum Gasteiger partial charge on any atom is -0.545 e. The zero-order chi connectivity index (χ0) is 17.9. The van der Waals surface area contributed by atoms with Crippen molar-refractivity contribution in [2.45, 2.75) is 38.8 Å². The largest absolute Gasteiger partial charge is 0.545 e. The van der Waals surface area contributed by atoms with Gasteiger partial charge in [0.05, 0.1) is 11.9 Å². The van der Waals surface area contributed by atoms with Gasteiger partial charge in [-0.2, -0.15) is 13.2 Å². The molecule has 0 saturated carbocycles. The molecule has 0 amide bonds. The summed E-state index contributed by atoms with van der Waals surface area (Å²) in [5, 5.41) is 22.1. The second kappa shape index (κ2) is 6.88. The lowest BCUT2D eigenvalue weighted by molar-refractivity contribution is -0.256. The number of aromatic nitrogens is 1. The van der Waals surface area contributed by atoms with E-state index >= 15 is 0 Å². The summed E-state index contributed by atoms with van der Waals surface area (Å²) in [6.45, 7) is 1.59. The molecule has 1 heterocycles. The van der Waals surface area contributed by atoms with Crippen molar-refractivity contribution in [3.63, 3.8) is 0 Å². The number of carbonyl (C=O) groups is 2. The van der Waals surface area contributed by atoms with E-state index < -0.39 is 59.0 Å². The van der Waals surface area contributed by atoms with Crippen LogP contribution >= 0.6 is 0 Å². The Morgan fingerprint density at radius 3 is 2.00 bits per heavy atom. The molecular weight excluding hydrogens is 329 g/mol. The maximum atomic E-state index is 12.9. The van der Waals surface area contributed by atoms with Gasteiger partial charge in [0.1, 0.15) is 5.69 Å². The SMILES string of the molecule is CCCCc1c(C(=O)[O-])c(C(F)F)nc(C(F)(F)F)c1C(=O)[O-]. The van der Waals surface area contributed by atoms with Crippen LogP contribution in [0.15, 0.2) is 0 Å². The molecule has 0 unspecified atom stereocenters. The summed E-state index contributed by atoms with van der Waals surface area (Å²) in [6, 6.07) is 0. The molecule has 128 valence electrons. The van der Waals surface area contributed by atoms with Gasteiger partial charge < -0.3 is 19.8 Å². The summed E-state index contributed by atoms with van der Waals surface area (Å²) < 4.78 is 64.6. The Kier molecular flexibility index (Phi) is 5.62. The van der Waals surface area contributed by atoms with Gasteiger partial charge in [-0.25, -0.2) is 13.8 Å². The van der Waals surface area contributed by atoms with Crippen molar-refractivity contribution in [3.05, 3.63) is 28.1 Å². The van der Waals surface area contributed by atoms with Crippen molar-refractivity contribution in [3.8, 4) is 0 Å². The number of pyridine rings is 1. The predicted molar refractivity (Wildman–Crippen MR) is 61.5 cm³/mol. The van der Waals surface area contributed by atoms with Crippen molar-refractivity contribution in [2.75, 3.05) is 0 Å². The van der Waals surface area contributed by atoms with Crippen molar-refractivity contribution >= 4 is 11.9 Å². The van der Waals surface area contributed by atoms with Gasteiger partial charge in [-0.15, -0.1) is 0 Å². The Hall–Kier alpha value is -2.26. The average molecular weight is 339 g/mol. The van der Waals surface area contributed by atoms with Crippen LogP contribution in [-0.4, -0.2) is 16.9 Å². The van der Waals surface area contributed by atoms with E-state index in [4.69, 9.17) is 0 Å². The number of nitrogens with zero attached hydrogens (tertiary/aromatic N) is 1. The molecule has 23 heavy (non-hydrogen) atoms. The Labute approximate surface area is 126 Å². The smallest absolute Gasteiger partial charge is 0.434 e. The average Bonchev–Trinajstić information content (AvgIpc) is 2.41. The van der Waals surface area contributed by atoms with Crippen LogP contribution in [0.3, 0.4) is 0 Å². The molecule has 5 nitrogen and oxygen atoms in total. The van der Waals surface area contributed by atoms with E-state index in [1.807, 2.05) is 0 Å². The Balaban J connectivity index is 3.92. The minimum atomic E-state index is -5.37. The fraction of sp³-hybridized carbons (Fsp3) is 0.462. The van der Waals surface area contributed by atoms with Crippen LogP contribution < -0.4 is 10.2 Å². The van der Waals surface area contributed by atoms with Gasteiger partial charge in [0, 0.05) is 11.1 Å². The third-order valence-corrected chi connectivity index (χ3v) is 2.99. The molecule has 1 aromatic rings. The number of hydrogen-bond acceptors (Lipinski definition) is 5. The third-order valence-electron chi connectivity index (χ3n) is 2.99. The predicted octanol–water partition coefficient (Wildman–Crippen LogP) is 1.11. The van der Waals surface area contributed by atoms with Crippen LogP contribution in [0.25, 0.3) is 0 Å². The molecule has 0 spiro atoms. The maximum absolute atomic E-state index is 12.9. The highest BCUT2D eigenvalue weighted by atomic mass is 19.4. The Morgan fingerprint density at radius 1 is 1.13 bits per heavy atom. The molecule has 0 aromatic carbocycles. The van der Waals surface area contributed by atoms with E-state index in [1.165, 1.54) is 0 Å². The zero-order valence-corrected chi connectivity index (χ0v) is 11.7. The maximum Gasteiger partial charge on any atom is 0.434 e. The number of alkyl halides is 5. The highest BCUT2D eigenvalue weighted by Gasteiger charge is 2.39. The molecule has 0 saturated heterocycles. The number of rotatable bonds is 6. The van der Waals surface area contributed by atoms with E-state index in [0.29, 0.717) is 6.42 Å². The van der Waals surface area contributed by atoms with E-state index in [1.54, 1.807) is 6.92 Å². The topological polar surface area (TPSA) is 93.2 Å². The van der Waals surface area contributed by atoms with Crippen LogP contribution in [0, 0.1) is 0 Å². The number of halogens is 5. The van der Waals surface area contributed by atoms with Gasteiger partial charge in [0.25, 0.3) is 6.43 Å². The molecule has 0 bridgehead atoms. The van der Waals surface area contributed by atoms with Crippen LogP contribution in [0.4, 0.5) is 22.0 Å². The summed E-state index contributed by atoms with van der Waals surface area (Å²) in [5.41, 5.74) is -7.57. The lowest BCUT2D eigenvalue weighted by Gasteiger charge is -2.23. The Morgan fingerprint density at radius 2 is 1.65 bits per heavy atom. The van der Waals surface area contributed by atoms with Crippen LogP contribution in [0.1, 0.15) is 63.9 Å². The number of carbonyl (C=O) groups excluding carboxylic acids is 2. The minimum absolute atomic E-state index is 0.0740. The molecular formula is C13H10F5NO4-2. The summed E-state index contributed by atoms with van der Waals surface area (Å²) in [5.74, 6) is -4.57. The number of aromatic carboxylic acids is 2. The fourth-order valence-corrected chi connectivity index (χ4v) is 2.07. The second-order valence-corrected chi connectivity index (χ2v) is 4.55. The lowest BCUT2D eigenvalue weighted by Crippen LogP contribution is -2.34. The van der Waals surface area contributed by atoms with E-state index in [2.05, 4.69) is 4.98 Å². The van der Waals surface area contributed by atoms with Crippen molar-refractivity contribution < 1.29 is 41.8 Å². The highest BCUT2D eigenvalue weighted by Crippen LogP contribution is 2.36. The molecule has 0 atom stereocenters. The van der Waals surface area contributed by atoms with E-state index in [0.717, 1.165) is 0 Å². The molecule has 1 aromatic heterocycles. The van der Waals surface area contributed by atoms with Crippen molar-refractivity contribution in [1.29, 1.82) is 0 Å². The first-order chi connectivity index (χ1) is 10.5. The van der Waals surface area contributed by atoms with Crippen LogP contribution in [-0.2, 0) is 12.6 Å².